The molecule has 22 heavy (non-hydrogen) atoms. The zero-order valence-electron chi connectivity index (χ0n) is 12.2. The van der Waals surface area contributed by atoms with Crippen LogP contribution >= 0.6 is 11.6 Å². The van der Waals surface area contributed by atoms with E-state index in [1.807, 2.05) is 0 Å². The summed E-state index contributed by atoms with van der Waals surface area (Å²) in [6.07, 6.45) is 0.00526. The maximum absolute atomic E-state index is 12.4. The molecule has 2 aliphatic rings. The Morgan fingerprint density at radius 2 is 1.77 bits per heavy atom. The molecule has 4 atom stereocenters. The molecule has 0 spiro atoms. The van der Waals surface area contributed by atoms with E-state index in [0.29, 0.717) is 25.9 Å². The summed E-state index contributed by atoms with van der Waals surface area (Å²) < 4.78 is 0. The van der Waals surface area contributed by atoms with Gasteiger partial charge >= 0.3 is 0 Å². The second kappa shape index (κ2) is 6.07. The smallest absolute Gasteiger partial charge is 0.227 e. The fourth-order valence-corrected chi connectivity index (χ4v) is 3.76. The molecule has 6 heteroatoms. The molecule has 1 aliphatic heterocycles. The lowest BCUT2D eigenvalue weighted by atomic mass is 9.79. The van der Waals surface area contributed by atoms with Gasteiger partial charge in [0, 0.05) is 13.1 Å². The van der Waals surface area contributed by atoms with Gasteiger partial charge in [0.15, 0.2) is 0 Å². The Morgan fingerprint density at radius 1 is 1.18 bits per heavy atom. The number of aliphatic hydroxyl groups is 2. The summed E-state index contributed by atoms with van der Waals surface area (Å²) in [5.41, 5.74) is 0.766. The third-order valence-electron chi connectivity index (χ3n) is 4.83. The fourth-order valence-electron chi connectivity index (χ4n) is 3.56. The molecule has 2 fully saturated rings. The van der Waals surface area contributed by atoms with E-state index in [4.69, 9.17) is 11.6 Å². The Morgan fingerprint density at radius 3 is 2.32 bits per heavy atom. The van der Waals surface area contributed by atoms with E-state index in [2.05, 4.69) is 0 Å². The van der Waals surface area contributed by atoms with Crippen molar-refractivity contribution in [2.75, 3.05) is 13.1 Å². The van der Waals surface area contributed by atoms with Gasteiger partial charge in [0.05, 0.1) is 23.7 Å². The van der Waals surface area contributed by atoms with Crippen LogP contribution < -0.4 is 0 Å². The van der Waals surface area contributed by atoms with Crippen molar-refractivity contribution in [3.05, 3.63) is 28.8 Å². The molecule has 1 heterocycles. The second-order valence-corrected chi connectivity index (χ2v) is 6.79. The molecule has 0 unspecified atom stereocenters. The van der Waals surface area contributed by atoms with Crippen LogP contribution in [0.1, 0.15) is 18.4 Å². The number of phenols is 1. The summed E-state index contributed by atoms with van der Waals surface area (Å²) in [5, 5.41) is 29.1. The first kappa shape index (κ1) is 15.6. The van der Waals surface area contributed by atoms with Crippen LogP contribution in [-0.2, 0) is 11.2 Å². The number of benzene rings is 1. The standard InChI is InChI=1S/C16H20ClNO4/c17-12-3-9(1-2-13(12)19)4-16(22)18-7-10-5-14(20)15(21)6-11(10)8-18/h1-3,10-11,14-15,19-21H,4-8H2/t10-,11+,14+,15-. The SMILES string of the molecule is O=C(Cc1ccc(O)c(Cl)c1)N1C[C@H]2C[C@H](O)[C@H](O)C[C@H]2C1. The average molecular weight is 326 g/mol. The molecular formula is C16H20ClNO4. The molecule has 0 aromatic heterocycles. The van der Waals surface area contributed by atoms with E-state index in [0.717, 1.165) is 5.56 Å². The Bertz CT molecular complexity index is 561. The predicted octanol–water partition coefficient (Wildman–Crippen LogP) is 1.18. The number of phenolic OH excluding ortho intramolecular Hbond substituents is 1. The lowest BCUT2D eigenvalue weighted by Crippen LogP contribution is -2.38. The molecule has 1 saturated heterocycles. The number of hydrogen-bond acceptors (Lipinski definition) is 4. The number of carbonyl (C=O) groups is 1. The van der Waals surface area contributed by atoms with Crippen LogP contribution in [0.25, 0.3) is 0 Å². The third-order valence-corrected chi connectivity index (χ3v) is 5.13. The van der Waals surface area contributed by atoms with Gasteiger partial charge in [0.2, 0.25) is 5.91 Å². The average Bonchev–Trinajstić information content (AvgIpc) is 2.86. The molecule has 5 nitrogen and oxygen atoms in total. The Kier molecular flexibility index (Phi) is 4.30. The summed E-state index contributed by atoms with van der Waals surface area (Å²) in [6, 6.07) is 4.78. The van der Waals surface area contributed by atoms with E-state index in [-0.39, 0.29) is 34.9 Å². The normalized spacial score (nSPS) is 31.1. The molecule has 1 aromatic carbocycles. The van der Waals surface area contributed by atoms with Crippen LogP contribution in [0, 0.1) is 11.8 Å². The van der Waals surface area contributed by atoms with Crippen molar-refractivity contribution in [2.24, 2.45) is 11.8 Å². The molecule has 1 saturated carbocycles. The molecule has 3 rings (SSSR count). The lowest BCUT2D eigenvalue weighted by molar-refractivity contribution is -0.129. The van der Waals surface area contributed by atoms with Crippen LogP contribution in [0.4, 0.5) is 0 Å². The van der Waals surface area contributed by atoms with Crippen LogP contribution in [-0.4, -0.2) is 51.4 Å². The highest BCUT2D eigenvalue weighted by Crippen LogP contribution is 2.36. The van der Waals surface area contributed by atoms with Gasteiger partial charge in [-0.2, -0.15) is 0 Å². The van der Waals surface area contributed by atoms with Crippen LogP contribution in [0.5, 0.6) is 5.75 Å². The summed E-state index contributed by atoms with van der Waals surface area (Å²) in [7, 11) is 0. The van der Waals surface area contributed by atoms with Crippen LogP contribution in [0.2, 0.25) is 5.02 Å². The molecular weight excluding hydrogens is 306 g/mol. The number of hydrogen-bond donors (Lipinski definition) is 3. The zero-order chi connectivity index (χ0) is 15.9. The molecule has 3 N–H and O–H groups in total. The minimum absolute atomic E-state index is 0.00744. The summed E-state index contributed by atoms with van der Waals surface area (Å²) in [4.78, 5) is 14.2. The largest absolute Gasteiger partial charge is 0.506 e. The fraction of sp³-hybridized carbons (Fsp3) is 0.562. The maximum Gasteiger partial charge on any atom is 0.227 e. The number of carbonyl (C=O) groups excluding carboxylic acids is 1. The van der Waals surface area contributed by atoms with Gasteiger partial charge in [-0.1, -0.05) is 17.7 Å². The lowest BCUT2D eigenvalue weighted by Gasteiger charge is -2.31. The Hall–Kier alpha value is -1.30. The molecule has 1 aromatic rings. The van der Waals surface area contributed by atoms with Gasteiger partial charge in [-0.05, 0) is 42.4 Å². The number of aliphatic hydroxyl groups excluding tert-OH is 2. The molecule has 1 aliphatic carbocycles. The first-order valence-electron chi connectivity index (χ1n) is 7.55. The minimum atomic E-state index is -0.674. The zero-order valence-corrected chi connectivity index (χ0v) is 12.9. The molecule has 120 valence electrons. The van der Waals surface area contributed by atoms with Crippen molar-refractivity contribution in [3.8, 4) is 5.75 Å². The summed E-state index contributed by atoms with van der Waals surface area (Å²) in [6.45, 7) is 1.28. The predicted molar refractivity (Wildman–Crippen MR) is 81.6 cm³/mol. The number of aromatic hydroxyl groups is 1. The summed E-state index contributed by atoms with van der Waals surface area (Å²) >= 11 is 5.86. The highest BCUT2D eigenvalue weighted by Gasteiger charge is 2.42. The quantitative estimate of drug-likeness (QED) is 0.762. The highest BCUT2D eigenvalue weighted by atomic mass is 35.5. The van der Waals surface area contributed by atoms with Crippen LogP contribution in [0.3, 0.4) is 0 Å². The Labute approximate surface area is 134 Å². The van der Waals surface area contributed by atoms with Gasteiger partial charge in [-0.15, -0.1) is 0 Å². The number of likely N-dealkylation sites (tertiary alicyclic amines) is 1. The molecule has 1 amide bonds. The number of nitrogens with zero attached hydrogens (tertiary/aromatic N) is 1. The first-order chi connectivity index (χ1) is 10.4. The van der Waals surface area contributed by atoms with Gasteiger partial charge in [0.25, 0.3) is 0 Å². The van der Waals surface area contributed by atoms with Crippen LogP contribution in [0.15, 0.2) is 18.2 Å². The van der Waals surface area contributed by atoms with Gasteiger partial charge in [-0.3, -0.25) is 4.79 Å². The van der Waals surface area contributed by atoms with Gasteiger partial charge in [0.1, 0.15) is 5.75 Å². The number of halogens is 1. The third kappa shape index (κ3) is 3.07. The van der Waals surface area contributed by atoms with Crippen molar-refractivity contribution >= 4 is 17.5 Å². The number of rotatable bonds is 2. The molecule has 0 radical (unpaired) electrons. The van der Waals surface area contributed by atoms with Gasteiger partial charge < -0.3 is 20.2 Å². The van der Waals surface area contributed by atoms with Crippen molar-refractivity contribution in [3.63, 3.8) is 0 Å². The van der Waals surface area contributed by atoms with E-state index in [9.17, 15) is 20.1 Å². The second-order valence-electron chi connectivity index (χ2n) is 6.39. The van der Waals surface area contributed by atoms with E-state index >= 15 is 0 Å². The van der Waals surface area contributed by atoms with Crippen molar-refractivity contribution in [1.29, 1.82) is 0 Å². The summed E-state index contributed by atoms with van der Waals surface area (Å²) in [5.74, 6) is 0.560. The Balaban J connectivity index is 1.63. The topological polar surface area (TPSA) is 81.0 Å². The van der Waals surface area contributed by atoms with Crippen molar-refractivity contribution in [1.82, 2.24) is 4.90 Å². The molecule has 0 bridgehead atoms. The number of amides is 1. The van der Waals surface area contributed by atoms with E-state index < -0.39 is 12.2 Å². The van der Waals surface area contributed by atoms with Crippen molar-refractivity contribution < 1.29 is 20.1 Å². The first-order valence-corrected chi connectivity index (χ1v) is 7.93. The monoisotopic (exact) mass is 325 g/mol. The number of fused-ring (bicyclic) bond motifs is 1. The minimum Gasteiger partial charge on any atom is -0.506 e. The van der Waals surface area contributed by atoms with Gasteiger partial charge in [-0.25, -0.2) is 0 Å². The maximum atomic E-state index is 12.4. The van der Waals surface area contributed by atoms with E-state index in [1.54, 1.807) is 17.0 Å². The van der Waals surface area contributed by atoms with E-state index in [1.165, 1.54) is 6.07 Å². The van der Waals surface area contributed by atoms with Crippen molar-refractivity contribution in [2.45, 2.75) is 31.5 Å². The highest BCUT2D eigenvalue weighted by molar-refractivity contribution is 6.32.